The van der Waals surface area contributed by atoms with Crippen LogP contribution < -0.4 is 10.6 Å². The number of hydrogen-bond acceptors (Lipinski definition) is 3. The smallest absolute Gasteiger partial charge is 0.246 e. The van der Waals surface area contributed by atoms with Crippen LogP contribution in [-0.2, 0) is 16.2 Å². The predicted molar refractivity (Wildman–Crippen MR) is 62.2 cm³/mol. The van der Waals surface area contributed by atoms with Gasteiger partial charge in [0.1, 0.15) is 6.04 Å². The van der Waals surface area contributed by atoms with Crippen LogP contribution in [0.5, 0.6) is 0 Å². The Hall–Kier alpha value is -1.88. The second kappa shape index (κ2) is 4.97. The maximum Gasteiger partial charge on any atom is 0.246 e. The second-order valence-electron chi connectivity index (χ2n) is 4.00. The number of carbonyl (C=O) groups excluding carboxylic acids is 2. The van der Waals surface area contributed by atoms with Gasteiger partial charge in [0, 0.05) is 12.1 Å². The van der Waals surface area contributed by atoms with E-state index in [2.05, 4.69) is 10.6 Å². The Kier molecular flexibility index (Phi) is 3.39. The lowest BCUT2D eigenvalue weighted by molar-refractivity contribution is -0.122. The minimum absolute atomic E-state index is 0.0209. The second-order valence-corrected chi connectivity index (χ2v) is 4.00. The summed E-state index contributed by atoms with van der Waals surface area (Å²) in [5.41, 5.74) is 1.45. The Bertz CT molecular complexity index is 428. The van der Waals surface area contributed by atoms with Crippen molar-refractivity contribution < 1.29 is 14.7 Å². The molecular weight excluding hydrogens is 220 g/mol. The lowest BCUT2D eigenvalue weighted by Gasteiger charge is -2.11. The zero-order valence-electron chi connectivity index (χ0n) is 9.27. The Morgan fingerprint density at radius 2 is 2.12 bits per heavy atom. The lowest BCUT2D eigenvalue weighted by Crippen LogP contribution is -2.37. The number of benzene rings is 1. The first-order valence-corrected chi connectivity index (χ1v) is 5.49. The van der Waals surface area contributed by atoms with E-state index < -0.39 is 6.04 Å². The van der Waals surface area contributed by atoms with Crippen molar-refractivity contribution in [1.82, 2.24) is 5.32 Å². The van der Waals surface area contributed by atoms with Gasteiger partial charge in [0.05, 0.1) is 6.61 Å². The molecule has 0 saturated carbocycles. The van der Waals surface area contributed by atoms with Gasteiger partial charge in [-0.25, -0.2) is 0 Å². The average molecular weight is 234 g/mol. The summed E-state index contributed by atoms with van der Waals surface area (Å²) in [6.07, 6.45) is 0.945. The molecule has 2 rings (SSSR count). The molecule has 1 heterocycles. The van der Waals surface area contributed by atoms with E-state index in [0.717, 1.165) is 5.56 Å². The van der Waals surface area contributed by atoms with Gasteiger partial charge in [-0.15, -0.1) is 0 Å². The molecule has 1 fully saturated rings. The Morgan fingerprint density at radius 3 is 2.65 bits per heavy atom. The third-order valence-electron chi connectivity index (χ3n) is 2.72. The Labute approximate surface area is 98.8 Å². The van der Waals surface area contributed by atoms with Crippen LogP contribution >= 0.6 is 0 Å². The molecule has 1 aromatic carbocycles. The topological polar surface area (TPSA) is 78.4 Å². The zero-order valence-corrected chi connectivity index (χ0v) is 9.27. The van der Waals surface area contributed by atoms with Crippen molar-refractivity contribution in [3.63, 3.8) is 0 Å². The van der Waals surface area contributed by atoms with Gasteiger partial charge in [-0.1, -0.05) is 12.1 Å². The standard InChI is InChI=1S/C12H14N2O3/c15-7-8-1-3-9(4-2-8)13-12(17)10-5-6-11(16)14-10/h1-4,10,15H,5-7H2,(H,13,17)(H,14,16). The molecule has 0 bridgehead atoms. The quantitative estimate of drug-likeness (QED) is 0.708. The van der Waals surface area contributed by atoms with Gasteiger partial charge in [-0.3, -0.25) is 9.59 Å². The number of nitrogens with one attached hydrogen (secondary N) is 2. The van der Waals surface area contributed by atoms with Crippen LogP contribution in [0.25, 0.3) is 0 Å². The summed E-state index contributed by atoms with van der Waals surface area (Å²) in [6, 6.07) is 6.49. The Morgan fingerprint density at radius 1 is 1.41 bits per heavy atom. The van der Waals surface area contributed by atoms with Crippen LogP contribution in [0.2, 0.25) is 0 Å². The minimum atomic E-state index is -0.431. The highest BCUT2D eigenvalue weighted by molar-refractivity contribution is 5.98. The highest BCUT2D eigenvalue weighted by atomic mass is 16.3. The fourth-order valence-corrected chi connectivity index (χ4v) is 1.73. The minimum Gasteiger partial charge on any atom is -0.392 e. The van der Waals surface area contributed by atoms with E-state index in [1.165, 1.54) is 0 Å². The third-order valence-corrected chi connectivity index (χ3v) is 2.72. The van der Waals surface area contributed by atoms with E-state index >= 15 is 0 Å². The third kappa shape index (κ3) is 2.82. The first-order chi connectivity index (χ1) is 8.19. The molecule has 0 aliphatic carbocycles. The highest BCUT2D eigenvalue weighted by Gasteiger charge is 2.26. The fourth-order valence-electron chi connectivity index (χ4n) is 1.73. The van der Waals surface area contributed by atoms with Crippen LogP contribution in [0.4, 0.5) is 5.69 Å². The monoisotopic (exact) mass is 234 g/mol. The first kappa shape index (κ1) is 11.6. The van der Waals surface area contributed by atoms with Crippen LogP contribution in [0.15, 0.2) is 24.3 Å². The SMILES string of the molecule is O=C1CCC(C(=O)Nc2ccc(CO)cc2)N1. The summed E-state index contributed by atoms with van der Waals surface area (Å²) < 4.78 is 0. The molecule has 5 nitrogen and oxygen atoms in total. The van der Waals surface area contributed by atoms with E-state index in [9.17, 15) is 9.59 Å². The van der Waals surface area contributed by atoms with Crippen molar-refractivity contribution in [2.24, 2.45) is 0 Å². The van der Waals surface area contributed by atoms with Crippen molar-refractivity contribution in [2.75, 3.05) is 5.32 Å². The van der Waals surface area contributed by atoms with E-state index in [1.807, 2.05) is 0 Å². The molecule has 5 heteroatoms. The molecule has 1 atom stereocenters. The summed E-state index contributed by atoms with van der Waals surface area (Å²) in [5.74, 6) is -0.284. The normalized spacial score (nSPS) is 18.9. The molecular formula is C12H14N2O3. The van der Waals surface area contributed by atoms with Crippen molar-refractivity contribution in [3.8, 4) is 0 Å². The van der Waals surface area contributed by atoms with E-state index in [4.69, 9.17) is 5.11 Å². The number of carbonyl (C=O) groups is 2. The van der Waals surface area contributed by atoms with Crippen LogP contribution in [-0.4, -0.2) is 23.0 Å². The number of amides is 2. The zero-order chi connectivity index (χ0) is 12.3. The largest absolute Gasteiger partial charge is 0.392 e. The maximum absolute atomic E-state index is 11.7. The molecule has 17 heavy (non-hydrogen) atoms. The van der Waals surface area contributed by atoms with Gasteiger partial charge in [0.25, 0.3) is 0 Å². The number of aliphatic hydroxyl groups is 1. The van der Waals surface area contributed by atoms with Gasteiger partial charge in [-0.2, -0.15) is 0 Å². The van der Waals surface area contributed by atoms with Crippen LogP contribution in [0.3, 0.4) is 0 Å². The van der Waals surface area contributed by atoms with Crippen LogP contribution in [0.1, 0.15) is 18.4 Å². The lowest BCUT2D eigenvalue weighted by atomic mass is 10.2. The van der Waals surface area contributed by atoms with E-state index in [0.29, 0.717) is 18.5 Å². The van der Waals surface area contributed by atoms with Gasteiger partial charge < -0.3 is 15.7 Å². The van der Waals surface area contributed by atoms with Gasteiger partial charge in [0.2, 0.25) is 11.8 Å². The van der Waals surface area contributed by atoms with Crippen molar-refractivity contribution >= 4 is 17.5 Å². The molecule has 1 unspecified atom stereocenters. The van der Waals surface area contributed by atoms with E-state index in [-0.39, 0.29) is 18.4 Å². The van der Waals surface area contributed by atoms with Gasteiger partial charge in [-0.05, 0) is 24.1 Å². The molecule has 90 valence electrons. The van der Waals surface area contributed by atoms with E-state index in [1.54, 1.807) is 24.3 Å². The van der Waals surface area contributed by atoms with Gasteiger partial charge >= 0.3 is 0 Å². The number of hydrogen-bond donors (Lipinski definition) is 3. The molecule has 1 saturated heterocycles. The molecule has 1 aromatic rings. The summed E-state index contributed by atoms with van der Waals surface area (Å²) in [4.78, 5) is 22.7. The highest BCUT2D eigenvalue weighted by Crippen LogP contribution is 2.12. The molecule has 2 amide bonds. The molecule has 1 aliphatic rings. The number of rotatable bonds is 3. The maximum atomic E-state index is 11.7. The van der Waals surface area contributed by atoms with Crippen LogP contribution in [0, 0.1) is 0 Å². The average Bonchev–Trinajstić information content (AvgIpc) is 2.77. The van der Waals surface area contributed by atoms with Crippen molar-refractivity contribution in [1.29, 1.82) is 0 Å². The summed E-state index contributed by atoms with van der Waals surface area (Å²) in [7, 11) is 0. The summed E-state index contributed by atoms with van der Waals surface area (Å²) in [5, 5.41) is 14.2. The molecule has 0 spiro atoms. The fraction of sp³-hybridized carbons (Fsp3) is 0.333. The van der Waals surface area contributed by atoms with Crippen molar-refractivity contribution in [3.05, 3.63) is 29.8 Å². The first-order valence-electron chi connectivity index (χ1n) is 5.49. The number of anilines is 1. The summed E-state index contributed by atoms with van der Waals surface area (Å²) >= 11 is 0. The molecule has 0 radical (unpaired) electrons. The van der Waals surface area contributed by atoms with Crippen molar-refractivity contribution in [2.45, 2.75) is 25.5 Å². The predicted octanol–water partition coefficient (Wildman–Crippen LogP) is 0.396. The molecule has 1 aliphatic heterocycles. The molecule has 0 aromatic heterocycles. The number of aliphatic hydroxyl groups excluding tert-OH is 1. The Balaban J connectivity index is 1.95. The van der Waals surface area contributed by atoms with Gasteiger partial charge in [0.15, 0.2) is 0 Å². The summed E-state index contributed by atoms with van der Waals surface area (Å²) in [6.45, 7) is -0.0209. The molecule has 3 N–H and O–H groups in total.